The topological polar surface area (TPSA) is 128 Å². The number of fused-ring (bicyclic) bond motifs is 2. The molecule has 15 heteroatoms. The molecule has 224 valence electrons. The van der Waals surface area contributed by atoms with Gasteiger partial charge in [0.15, 0.2) is 0 Å². The van der Waals surface area contributed by atoms with Gasteiger partial charge in [-0.15, -0.1) is 37.2 Å². The number of para-hydroxylation sites is 1. The van der Waals surface area contributed by atoms with Crippen LogP contribution in [0, 0.1) is 0 Å². The molecule has 0 radical (unpaired) electrons. The van der Waals surface area contributed by atoms with E-state index >= 15 is 0 Å². The number of nitrogens with zero attached hydrogens (tertiary/aromatic N) is 3. The summed E-state index contributed by atoms with van der Waals surface area (Å²) in [5.74, 6) is -0.192. The normalized spacial score (nSPS) is 13.7. The zero-order chi connectivity index (χ0) is 27.1. The number of carbonyl (C=O) groups excluding carboxylic acids is 1. The van der Waals surface area contributed by atoms with Gasteiger partial charge in [0.25, 0.3) is 5.91 Å². The molecule has 3 aromatic carbocycles. The van der Waals surface area contributed by atoms with E-state index in [1.54, 1.807) is 30.5 Å². The summed E-state index contributed by atoms with van der Waals surface area (Å²) in [6.45, 7) is 1.34. The lowest BCUT2D eigenvalue weighted by Gasteiger charge is -2.33. The summed E-state index contributed by atoms with van der Waals surface area (Å²) in [7, 11) is 0. The first-order valence-electron chi connectivity index (χ1n) is 12.5. The summed E-state index contributed by atoms with van der Waals surface area (Å²) in [6.07, 6.45) is -1.28. The van der Waals surface area contributed by atoms with Crippen molar-refractivity contribution in [3.8, 4) is 0 Å². The van der Waals surface area contributed by atoms with Gasteiger partial charge in [-0.05, 0) is 55.3 Å². The smallest absolute Gasteiger partial charge is 0.371 e. The SMILES string of the molecule is Cl.Cl.Cl.NC1CCN(c2cc3nc(Nc4ccccc4C(F)(F)F)[nH]c3cc2C(=O)Nc2ccc3cn[nH]c3c2)CC1. The molecule has 42 heavy (non-hydrogen) atoms. The summed E-state index contributed by atoms with van der Waals surface area (Å²) < 4.78 is 40.5. The molecular weight excluding hydrogens is 616 g/mol. The van der Waals surface area contributed by atoms with Crippen molar-refractivity contribution in [3.63, 3.8) is 0 Å². The number of aromatic nitrogens is 4. The first kappa shape index (κ1) is 32.8. The summed E-state index contributed by atoms with van der Waals surface area (Å²) in [5, 5.41) is 13.5. The number of nitrogens with two attached hydrogens (primary N) is 1. The molecule has 0 aliphatic carbocycles. The number of benzene rings is 3. The largest absolute Gasteiger partial charge is 0.418 e. The first-order valence-corrected chi connectivity index (χ1v) is 12.5. The van der Waals surface area contributed by atoms with Crippen molar-refractivity contribution >= 4 is 88.1 Å². The van der Waals surface area contributed by atoms with Gasteiger partial charge in [0.05, 0.1) is 45.2 Å². The molecule has 5 aromatic rings. The molecular formula is C27H28Cl3F3N8O. The number of halogens is 6. The lowest BCUT2D eigenvalue weighted by Crippen LogP contribution is -2.40. The Labute approximate surface area is 257 Å². The number of nitrogens with one attached hydrogen (secondary N) is 4. The minimum absolute atomic E-state index is 0. The highest BCUT2D eigenvalue weighted by atomic mass is 35.5. The molecule has 0 unspecified atom stereocenters. The summed E-state index contributed by atoms with van der Waals surface area (Å²) in [4.78, 5) is 23.1. The van der Waals surface area contributed by atoms with Gasteiger partial charge in [0.2, 0.25) is 5.95 Å². The molecule has 1 fully saturated rings. The number of hydrogen-bond acceptors (Lipinski definition) is 6. The van der Waals surface area contributed by atoms with Crippen molar-refractivity contribution in [2.24, 2.45) is 5.73 Å². The molecule has 6 rings (SSSR count). The van der Waals surface area contributed by atoms with Gasteiger partial charge in [-0.1, -0.05) is 12.1 Å². The van der Waals surface area contributed by atoms with Crippen LogP contribution < -0.4 is 21.3 Å². The lowest BCUT2D eigenvalue weighted by molar-refractivity contribution is -0.136. The summed E-state index contributed by atoms with van der Waals surface area (Å²) >= 11 is 0. The first-order chi connectivity index (χ1) is 18.7. The number of hydrogen-bond donors (Lipinski definition) is 5. The Morgan fingerprint density at radius 2 is 1.74 bits per heavy atom. The molecule has 3 heterocycles. The molecule has 1 aliphatic rings. The molecule has 0 saturated carbocycles. The van der Waals surface area contributed by atoms with Gasteiger partial charge >= 0.3 is 6.18 Å². The van der Waals surface area contributed by atoms with Crippen LogP contribution in [-0.2, 0) is 6.18 Å². The predicted molar refractivity (Wildman–Crippen MR) is 166 cm³/mol. The molecule has 0 spiro atoms. The van der Waals surface area contributed by atoms with E-state index in [1.165, 1.54) is 18.2 Å². The number of carbonyl (C=O) groups is 1. The molecule has 1 amide bonds. The van der Waals surface area contributed by atoms with Crippen molar-refractivity contribution in [2.75, 3.05) is 28.6 Å². The predicted octanol–water partition coefficient (Wildman–Crippen LogP) is 6.65. The van der Waals surface area contributed by atoms with E-state index in [2.05, 4.69) is 35.7 Å². The number of imidazole rings is 1. The molecule has 2 aromatic heterocycles. The van der Waals surface area contributed by atoms with Crippen LogP contribution in [0.5, 0.6) is 0 Å². The van der Waals surface area contributed by atoms with Gasteiger partial charge in [-0.3, -0.25) is 9.89 Å². The highest BCUT2D eigenvalue weighted by Gasteiger charge is 2.33. The third kappa shape index (κ3) is 6.67. The highest BCUT2D eigenvalue weighted by molar-refractivity contribution is 6.11. The van der Waals surface area contributed by atoms with E-state index in [0.717, 1.165) is 29.8 Å². The Hall–Kier alpha value is -3.71. The lowest BCUT2D eigenvalue weighted by atomic mass is 10.0. The Balaban J connectivity index is 0.00000161. The van der Waals surface area contributed by atoms with E-state index in [-0.39, 0.29) is 60.8 Å². The number of alkyl halides is 3. The van der Waals surface area contributed by atoms with Gasteiger partial charge < -0.3 is 26.3 Å². The van der Waals surface area contributed by atoms with E-state index in [1.807, 2.05) is 6.07 Å². The van der Waals surface area contributed by atoms with Crippen molar-refractivity contribution in [1.82, 2.24) is 20.2 Å². The van der Waals surface area contributed by atoms with E-state index in [4.69, 9.17) is 5.73 Å². The van der Waals surface area contributed by atoms with Crippen LogP contribution in [0.3, 0.4) is 0 Å². The molecule has 0 bridgehead atoms. The molecule has 1 aliphatic heterocycles. The van der Waals surface area contributed by atoms with Crippen molar-refractivity contribution < 1.29 is 18.0 Å². The average Bonchev–Trinajstić information content (AvgIpc) is 3.53. The fourth-order valence-corrected chi connectivity index (χ4v) is 4.87. The second-order valence-electron chi connectivity index (χ2n) is 9.59. The van der Waals surface area contributed by atoms with Crippen LogP contribution in [0.15, 0.2) is 60.8 Å². The fraction of sp³-hybridized carbons (Fsp3) is 0.222. The number of aromatic amines is 2. The van der Waals surface area contributed by atoms with E-state index in [9.17, 15) is 18.0 Å². The van der Waals surface area contributed by atoms with Gasteiger partial charge in [0.1, 0.15) is 0 Å². The summed E-state index contributed by atoms with van der Waals surface area (Å²) in [5.41, 5.74) is 8.68. The maximum absolute atomic E-state index is 13.5. The minimum Gasteiger partial charge on any atom is -0.371 e. The number of H-pyrrole nitrogens is 2. The van der Waals surface area contributed by atoms with Crippen molar-refractivity contribution in [3.05, 3.63) is 71.9 Å². The molecule has 9 nitrogen and oxygen atoms in total. The van der Waals surface area contributed by atoms with Gasteiger partial charge in [-0.2, -0.15) is 18.3 Å². The number of rotatable bonds is 5. The van der Waals surface area contributed by atoms with E-state index < -0.39 is 11.7 Å². The number of anilines is 4. The molecule has 6 N–H and O–H groups in total. The Bertz CT molecular complexity index is 1680. The van der Waals surface area contributed by atoms with Crippen molar-refractivity contribution in [1.29, 1.82) is 0 Å². The fourth-order valence-electron chi connectivity index (χ4n) is 4.87. The molecule has 1 saturated heterocycles. The van der Waals surface area contributed by atoms with Gasteiger partial charge in [-0.25, -0.2) is 4.98 Å². The maximum Gasteiger partial charge on any atom is 0.418 e. The van der Waals surface area contributed by atoms with Gasteiger partial charge in [0, 0.05) is 30.2 Å². The zero-order valence-corrected chi connectivity index (χ0v) is 24.3. The quantitative estimate of drug-likeness (QED) is 0.146. The van der Waals surface area contributed by atoms with Crippen LogP contribution in [0.2, 0.25) is 0 Å². The third-order valence-corrected chi connectivity index (χ3v) is 6.91. The van der Waals surface area contributed by atoms with Crippen LogP contribution in [0.4, 0.5) is 36.2 Å². The third-order valence-electron chi connectivity index (χ3n) is 6.91. The minimum atomic E-state index is -4.53. The summed E-state index contributed by atoms with van der Waals surface area (Å²) in [6, 6.07) is 14.2. The monoisotopic (exact) mass is 642 g/mol. The average molecular weight is 644 g/mol. The van der Waals surface area contributed by atoms with Crippen LogP contribution in [-0.4, -0.2) is 45.2 Å². The van der Waals surface area contributed by atoms with E-state index in [0.29, 0.717) is 41.1 Å². The standard InChI is InChI=1S/C27H25F3N8O.3ClH/c28-27(29,30)19-3-1-2-4-20(19)34-26-35-22-12-18(24(13-23(22)36-26)38-9-7-16(31)8-10-38)25(39)33-17-6-5-15-14-32-37-21(15)11-17;;;/h1-6,11-14,16H,7-10,31H2,(H,32,37)(H,33,39)(H2,34,35,36);3*1H. The maximum atomic E-state index is 13.5. The number of amides is 1. The zero-order valence-electron chi connectivity index (χ0n) is 21.9. The Morgan fingerprint density at radius 3 is 2.48 bits per heavy atom. The van der Waals surface area contributed by atoms with Crippen LogP contribution >= 0.6 is 37.2 Å². The second-order valence-corrected chi connectivity index (χ2v) is 9.59. The Morgan fingerprint density at radius 1 is 1.00 bits per heavy atom. The second kappa shape index (κ2) is 13.1. The highest BCUT2D eigenvalue weighted by Crippen LogP contribution is 2.36. The molecule has 0 atom stereocenters. The Kier molecular flexibility index (Phi) is 10.2. The van der Waals surface area contributed by atoms with Crippen LogP contribution in [0.25, 0.3) is 21.9 Å². The van der Waals surface area contributed by atoms with Crippen molar-refractivity contribution in [2.45, 2.75) is 25.1 Å². The number of piperidine rings is 1. The van der Waals surface area contributed by atoms with Crippen LogP contribution in [0.1, 0.15) is 28.8 Å².